The molecule has 3 amide bonds. The second kappa shape index (κ2) is 5.71. The average Bonchev–Trinajstić information content (AvgIpc) is 3.08. The molecule has 0 spiro atoms. The number of nitriles is 1. The van der Waals surface area contributed by atoms with Gasteiger partial charge in [0.25, 0.3) is 0 Å². The smallest absolute Gasteiger partial charge is 0.241 e. The molecule has 0 bridgehead atoms. The van der Waals surface area contributed by atoms with Crippen molar-refractivity contribution in [3.05, 3.63) is 0 Å². The van der Waals surface area contributed by atoms with Crippen LogP contribution in [0.5, 0.6) is 0 Å². The van der Waals surface area contributed by atoms with Crippen molar-refractivity contribution in [2.45, 2.75) is 56.9 Å². The number of hydrogen-bond donors (Lipinski definition) is 1. The first kappa shape index (κ1) is 15.0. The van der Waals surface area contributed by atoms with E-state index in [1.165, 1.54) is 0 Å². The third-order valence-electron chi connectivity index (χ3n) is 5.28. The van der Waals surface area contributed by atoms with Crippen molar-refractivity contribution in [2.24, 2.45) is 11.8 Å². The molecule has 22 heavy (non-hydrogen) atoms. The highest BCUT2D eigenvalue weighted by atomic mass is 16.2. The molecule has 0 aromatic heterocycles. The number of amides is 3. The maximum atomic E-state index is 12.3. The molecule has 3 rings (SSSR count). The van der Waals surface area contributed by atoms with Gasteiger partial charge in [-0.05, 0) is 38.5 Å². The molecule has 1 N–H and O–H groups in total. The van der Waals surface area contributed by atoms with E-state index in [4.69, 9.17) is 0 Å². The summed E-state index contributed by atoms with van der Waals surface area (Å²) in [5.41, 5.74) is -0.810. The number of likely N-dealkylation sites (tertiary alicyclic amines) is 1. The Morgan fingerprint density at radius 3 is 2.18 bits per heavy atom. The Kier molecular flexibility index (Phi) is 3.90. The van der Waals surface area contributed by atoms with E-state index in [1.807, 2.05) is 0 Å². The van der Waals surface area contributed by atoms with Crippen molar-refractivity contribution < 1.29 is 14.4 Å². The number of nitrogens with one attached hydrogen (secondary N) is 1. The molecule has 1 saturated heterocycles. The monoisotopic (exact) mass is 303 g/mol. The number of carbonyl (C=O) groups is 3. The number of nitrogens with zero attached hydrogens (tertiary/aromatic N) is 2. The Bertz CT molecular complexity index is 521. The first-order valence-corrected chi connectivity index (χ1v) is 8.14. The molecule has 3 aliphatic rings. The minimum Gasteiger partial charge on any atom is -0.336 e. The van der Waals surface area contributed by atoms with E-state index in [9.17, 15) is 19.6 Å². The molecule has 2 aliphatic carbocycles. The van der Waals surface area contributed by atoms with Gasteiger partial charge in [-0.25, -0.2) is 0 Å². The lowest BCUT2D eigenvalue weighted by molar-refractivity contribution is -0.144. The fraction of sp³-hybridized carbons (Fsp3) is 0.750. The lowest BCUT2D eigenvalue weighted by atomic mass is 9.81. The Hall–Kier alpha value is -1.90. The van der Waals surface area contributed by atoms with E-state index in [0.717, 1.165) is 43.4 Å². The van der Waals surface area contributed by atoms with Crippen molar-refractivity contribution in [2.75, 3.05) is 6.54 Å². The van der Waals surface area contributed by atoms with Gasteiger partial charge >= 0.3 is 0 Å². The summed E-state index contributed by atoms with van der Waals surface area (Å²) in [4.78, 5) is 38.0. The third kappa shape index (κ3) is 2.49. The van der Waals surface area contributed by atoms with Crippen LogP contribution in [0, 0.1) is 23.2 Å². The molecule has 0 radical (unpaired) electrons. The van der Waals surface area contributed by atoms with Crippen LogP contribution in [0.1, 0.15) is 51.4 Å². The molecule has 0 aromatic rings. The summed E-state index contributed by atoms with van der Waals surface area (Å²) in [5, 5.41) is 12.0. The summed E-state index contributed by atoms with van der Waals surface area (Å²) in [7, 11) is 0. The maximum Gasteiger partial charge on any atom is 0.241 e. The van der Waals surface area contributed by atoms with Crippen LogP contribution in [0.15, 0.2) is 0 Å². The summed E-state index contributed by atoms with van der Waals surface area (Å²) in [6.45, 7) is -0.242. The lowest BCUT2D eigenvalue weighted by Gasteiger charge is -2.23. The van der Waals surface area contributed by atoms with Crippen LogP contribution in [0.25, 0.3) is 0 Å². The summed E-state index contributed by atoms with van der Waals surface area (Å²) < 4.78 is 0. The van der Waals surface area contributed by atoms with E-state index < -0.39 is 11.4 Å². The van der Waals surface area contributed by atoms with Crippen LogP contribution in [-0.4, -0.2) is 34.7 Å². The molecule has 1 heterocycles. The lowest BCUT2D eigenvalue weighted by Crippen LogP contribution is -2.50. The summed E-state index contributed by atoms with van der Waals surface area (Å²) in [6, 6.07) is 2.19. The van der Waals surface area contributed by atoms with Crippen molar-refractivity contribution in [3.8, 4) is 6.07 Å². The van der Waals surface area contributed by atoms with Gasteiger partial charge in [-0.2, -0.15) is 5.26 Å². The van der Waals surface area contributed by atoms with Gasteiger partial charge in [-0.15, -0.1) is 0 Å². The minimum absolute atomic E-state index is 0.206. The zero-order valence-electron chi connectivity index (χ0n) is 12.6. The van der Waals surface area contributed by atoms with Crippen LogP contribution in [0.3, 0.4) is 0 Å². The van der Waals surface area contributed by atoms with Gasteiger partial charge in [-0.3, -0.25) is 19.3 Å². The van der Waals surface area contributed by atoms with Crippen LogP contribution in [0.4, 0.5) is 0 Å². The van der Waals surface area contributed by atoms with Gasteiger partial charge in [0.2, 0.25) is 17.7 Å². The summed E-state index contributed by atoms with van der Waals surface area (Å²) in [5.74, 6) is -1.27. The fourth-order valence-corrected chi connectivity index (χ4v) is 4.08. The average molecular weight is 303 g/mol. The molecule has 0 aromatic carbocycles. The fourth-order valence-electron chi connectivity index (χ4n) is 4.08. The predicted molar refractivity (Wildman–Crippen MR) is 77.1 cm³/mol. The van der Waals surface area contributed by atoms with Crippen molar-refractivity contribution in [1.82, 2.24) is 10.2 Å². The number of hydrogen-bond acceptors (Lipinski definition) is 4. The molecule has 6 heteroatoms. The van der Waals surface area contributed by atoms with Gasteiger partial charge in [0.1, 0.15) is 12.1 Å². The quantitative estimate of drug-likeness (QED) is 0.791. The Balaban J connectivity index is 1.65. The van der Waals surface area contributed by atoms with E-state index in [1.54, 1.807) is 0 Å². The number of carbonyl (C=O) groups excluding carboxylic acids is 3. The standard InChI is InChI=1S/C16H21N3O3/c17-10-16(7-3-4-8-16)18-13(20)9-19-14(21)11-5-1-2-6-12(11)15(19)22/h11-12H,1-9H2,(H,18,20). The van der Waals surface area contributed by atoms with Crippen LogP contribution >= 0.6 is 0 Å². The number of rotatable bonds is 3. The van der Waals surface area contributed by atoms with Crippen molar-refractivity contribution >= 4 is 17.7 Å². The second-order valence-corrected chi connectivity index (χ2v) is 6.71. The number of imide groups is 1. The van der Waals surface area contributed by atoms with Gasteiger partial charge in [0, 0.05) is 0 Å². The van der Waals surface area contributed by atoms with Crippen LogP contribution in [-0.2, 0) is 14.4 Å². The maximum absolute atomic E-state index is 12.3. The zero-order valence-corrected chi connectivity index (χ0v) is 12.6. The van der Waals surface area contributed by atoms with Crippen LogP contribution < -0.4 is 5.32 Å². The third-order valence-corrected chi connectivity index (χ3v) is 5.28. The van der Waals surface area contributed by atoms with E-state index in [2.05, 4.69) is 11.4 Å². The zero-order chi connectivity index (χ0) is 15.7. The predicted octanol–water partition coefficient (Wildman–Crippen LogP) is 1.11. The molecule has 1 aliphatic heterocycles. The first-order chi connectivity index (χ1) is 10.6. The van der Waals surface area contributed by atoms with Crippen LogP contribution in [0.2, 0.25) is 0 Å². The molecule has 2 atom stereocenters. The van der Waals surface area contributed by atoms with Gasteiger partial charge in [0.15, 0.2) is 0 Å². The Labute approximate surface area is 129 Å². The highest BCUT2D eigenvalue weighted by Crippen LogP contribution is 2.38. The molecule has 2 unspecified atom stereocenters. The normalized spacial score (nSPS) is 30.0. The first-order valence-electron chi connectivity index (χ1n) is 8.14. The SMILES string of the molecule is N#CC1(NC(=O)CN2C(=O)C3CCCCC3C2=O)CCCC1. The van der Waals surface area contributed by atoms with Crippen molar-refractivity contribution in [3.63, 3.8) is 0 Å². The minimum atomic E-state index is -0.810. The largest absolute Gasteiger partial charge is 0.336 e. The Morgan fingerprint density at radius 2 is 1.68 bits per heavy atom. The highest BCUT2D eigenvalue weighted by molar-refractivity contribution is 6.07. The van der Waals surface area contributed by atoms with E-state index in [0.29, 0.717) is 12.8 Å². The topological polar surface area (TPSA) is 90.3 Å². The number of fused-ring (bicyclic) bond motifs is 1. The Morgan fingerprint density at radius 1 is 1.14 bits per heavy atom. The summed E-state index contributed by atoms with van der Waals surface area (Å²) >= 11 is 0. The molecule has 6 nitrogen and oxygen atoms in total. The molecular weight excluding hydrogens is 282 g/mol. The van der Waals surface area contributed by atoms with Gasteiger partial charge in [-0.1, -0.05) is 12.8 Å². The molecule has 2 saturated carbocycles. The van der Waals surface area contributed by atoms with Gasteiger partial charge in [0.05, 0.1) is 17.9 Å². The van der Waals surface area contributed by atoms with Crippen molar-refractivity contribution in [1.29, 1.82) is 5.26 Å². The van der Waals surface area contributed by atoms with Gasteiger partial charge < -0.3 is 5.32 Å². The molecule has 3 fully saturated rings. The molecular formula is C16H21N3O3. The summed E-state index contributed by atoms with van der Waals surface area (Å²) in [6.07, 6.45) is 6.55. The van der Waals surface area contributed by atoms with E-state index >= 15 is 0 Å². The highest BCUT2D eigenvalue weighted by Gasteiger charge is 2.49. The van der Waals surface area contributed by atoms with E-state index in [-0.39, 0.29) is 30.2 Å². The molecule has 118 valence electrons. The second-order valence-electron chi connectivity index (χ2n) is 6.71.